The second-order valence-corrected chi connectivity index (χ2v) is 13.1. The Kier molecular flexibility index (Phi) is 12.1. The van der Waals surface area contributed by atoms with Crippen molar-refractivity contribution in [3.63, 3.8) is 0 Å². The standard InChI is InChI=1S/C36H50N4O8/c1-4-7-13-29(42)47-24-27(25-11-9-8-10-12-25)37-33(43)30-28-14-15-36(48-28)31(30)34(44)40(26(6-3)23-41)32(36)35(45)39(16-5-2)18-17-38-19-21-46-22-20-38/h4-5,8-12,26-28,30-32,41H,1-2,6-7,13-24H2,3H3,(H,37,43)/t26-,27-,28-,30+,31+,32-,36+/m0/s1. The third-order valence-corrected chi connectivity index (χ3v) is 10.3. The van der Waals surface area contributed by atoms with Crippen molar-refractivity contribution in [2.45, 2.75) is 68.9 Å². The van der Waals surface area contributed by atoms with Crippen LogP contribution in [0.3, 0.4) is 0 Å². The molecule has 4 saturated heterocycles. The highest BCUT2D eigenvalue weighted by Gasteiger charge is 2.75. The third kappa shape index (κ3) is 7.22. The van der Waals surface area contributed by atoms with E-state index < -0.39 is 53.5 Å². The Labute approximate surface area is 283 Å². The van der Waals surface area contributed by atoms with Crippen LogP contribution in [0.2, 0.25) is 0 Å². The van der Waals surface area contributed by atoms with Crippen LogP contribution >= 0.6 is 0 Å². The number of aliphatic hydroxyl groups is 1. The monoisotopic (exact) mass is 666 g/mol. The number of fused-ring (bicyclic) bond motifs is 1. The molecule has 5 rings (SSSR count). The molecule has 12 heteroatoms. The van der Waals surface area contributed by atoms with Crippen molar-refractivity contribution in [1.29, 1.82) is 0 Å². The quantitative estimate of drug-likeness (QED) is 0.189. The number of aliphatic hydroxyl groups excluding tert-OH is 1. The molecule has 7 atom stereocenters. The lowest BCUT2D eigenvalue weighted by Crippen LogP contribution is -2.59. The Balaban J connectivity index is 1.41. The Morgan fingerprint density at radius 1 is 1.19 bits per heavy atom. The maximum atomic E-state index is 14.6. The zero-order valence-corrected chi connectivity index (χ0v) is 28.0. The minimum atomic E-state index is -1.21. The fourth-order valence-electron chi connectivity index (χ4n) is 7.83. The normalized spacial score (nSPS) is 27.6. The highest BCUT2D eigenvalue weighted by Crippen LogP contribution is 2.59. The number of nitrogens with zero attached hydrogens (tertiary/aromatic N) is 3. The molecule has 2 N–H and O–H groups in total. The molecule has 0 aromatic heterocycles. The number of benzene rings is 1. The van der Waals surface area contributed by atoms with Crippen LogP contribution in [0.4, 0.5) is 0 Å². The highest BCUT2D eigenvalue weighted by molar-refractivity contribution is 5.99. The van der Waals surface area contributed by atoms with Crippen molar-refractivity contribution in [2.24, 2.45) is 11.8 Å². The zero-order chi connectivity index (χ0) is 34.3. The minimum absolute atomic E-state index is 0.0803. The summed E-state index contributed by atoms with van der Waals surface area (Å²) >= 11 is 0. The van der Waals surface area contributed by atoms with E-state index in [1.54, 1.807) is 17.1 Å². The van der Waals surface area contributed by atoms with Crippen molar-refractivity contribution in [1.82, 2.24) is 20.0 Å². The lowest BCUT2D eigenvalue weighted by Gasteiger charge is -2.39. The highest BCUT2D eigenvalue weighted by atomic mass is 16.5. The zero-order valence-electron chi connectivity index (χ0n) is 28.0. The first-order valence-corrected chi connectivity index (χ1v) is 17.2. The number of morpholine rings is 1. The van der Waals surface area contributed by atoms with Crippen LogP contribution in [0.1, 0.15) is 50.6 Å². The lowest BCUT2D eigenvalue weighted by atomic mass is 9.70. The molecule has 48 heavy (non-hydrogen) atoms. The van der Waals surface area contributed by atoms with E-state index in [2.05, 4.69) is 23.4 Å². The summed E-state index contributed by atoms with van der Waals surface area (Å²) in [5.41, 5.74) is -0.457. The number of carbonyl (C=O) groups is 4. The van der Waals surface area contributed by atoms with Gasteiger partial charge in [-0.3, -0.25) is 24.1 Å². The van der Waals surface area contributed by atoms with E-state index >= 15 is 0 Å². The molecule has 2 bridgehead atoms. The third-order valence-electron chi connectivity index (χ3n) is 10.3. The molecule has 12 nitrogen and oxygen atoms in total. The van der Waals surface area contributed by atoms with Gasteiger partial charge in [0.05, 0.1) is 49.8 Å². The Hall–Kier alpha value is -3.58. The number of hydrogen-bond donors (Lipinski definition) is 2. The molecule has 4 aliphatic heterocycles. The van der Waals surface area contributed by atoms with E-state index in [-0.39, 0.29) is 38.0 Å². The number of nitrogens with one attached hydrogen (secondary N) is 1. The van der Waals surface area contributed by atoms with Crippen LogP contribution < -0.4 is 5.32 Å². The summed E-state index contributed by atoms with van der Waals surface area (Å²) in [6.07, 6.45) is 4.81. The predicted molar refractivity (Wildman–Crippen MR) is 177 cm³/mol. The van der Waals surface area contributed by atoms with Gasteiger partial charge in [0.25, 0.3) is 0 Å². The summed E-state index contributed by atoms with van der Waals surface area (Å²) in [5.74, 6) is -3.16. The Bertz CT molecular complexity index is 1320. The summed E-state index contributed by atoms with van der Waals surface area (Å²) < 4.78 is 17.6. The molecule has 3 amide bonds. The number of allylic oxidation sites excluding steroid dienone is 1. The number of carbonyl (C=O) groups excluding carboxylic acids is 4. The van der Waals surface area contributed by atoms with Gasteiger partial charge in [0, 0.05) is 39.1 Å². The summed E-state index contributed by atoms with van der Waals surface area (Å²) in [7, 11) is 0. The Morgan fingerprint density at radius 3 is 2.60 bits per heavy atom. The Morgan fingerprint density at radius 2 is 1.94 bits per heavy atom. The van der Waals surface area contributed by atoms with Crippen LogP contribution in [0.5, 0.6) is 0 Å². The van der Waals surface area contributed by atoms with Gasteiger partial charge in [0.1, 0.15) is 18.2 Å². The molecule has 0 aliphatic carbocycles. The molecule has 1 spiro atoms. The van der Waals surface area contributed by atoms with E-state index in [1.165, 1.54) is 4.90 Å². The van der Waals surface area contributed by atoms with Crippen LogP contribution in [-0.4, -0.2) is 126 Å². The van der Waals surface area contributed by atoms with Gasteiger partial charge in [-0.15, -0.1) is 13.2 Å². The molecule has 262 valence electrons. The van der Waals surface area contributed by atoms with Gasteiger partial charge in [-0.05, 0) is 31.2 Å². The first-order valence-electron chi connectivity index (χ1n) is 17.2. The van der Waals surface area contributed by atoms with Crippen molar-refractivity contribution >= 4 is 23.7 Å². The summed E-state index contributed by atoms with van der Waals surface area (Å²) in [4.78, 5) is 61.1. The summed E-state index contributed by atoms with van der Waals surface area (Å²) in [6, 6.07) is 6.96. The first-order chi connectivity index (χ1) is 23.3. The van der Waals surface area contributed by atoms with E-state index in [1.807, 2.05) is 37.3 Å². The van der Waals surface area contributed by atoms with Crippen molar-refractivity contribution in [3.05, 3.63) is 61.2 Å². The number of rotatable bonds is 17. The number of hydrogen-bond acceptors (Lipinski definition) is 9. The number of esters is 1. The van der Waals surface area contributed by atoms with Gasteiger partial charge in [-0.25, -0.2) is 0 Å². The van der Waals surface area contributed by atoms with E-state index in [0.717, 1.165) is 18.7 Å². The average molecular weight is 667 g/mol. The SMILES string of the molecule is C=CCCC(=O)OC[C@H](NC(=O)[C@@H]1[C@@H]2CC[C@]3(O2)[C@H](C(=O)N(CC=C)CCN2CCOCC2)N([C@@H](CC)CO)C(=O)[C@@H]13)c1ccccc1. The molecule has 4 heterocycles. The van der Waals surface area contributed by atoms with E-state index in [9.17, 15) is 24.3 Å². The van der Waals surface area contributed by atoms with E-state index in [4.69, 9.17) is 14.2 Å². The number of likely N-dealkylation sites (tertiary alicyclic amines) is 1. The average Bonchev–Trinajstić information content (AvgIpc) is 3.76. The van der Waals surface area contributed by atoms with Gasteiger partial charge >= 0.3 is 5.97 Å². The number of amides is 3. The second kappa shape index (κ2) is 16.2. The van der Waals surface area contributed by atoms with Gasteiger partial charge in [0.15, 0.2) is 0 Å². The molecule has 4 fully saturated rings. The molecule has 0 radical (unpaired) electrons. The van der Waals surface area contributed by atoms with Crippen LogP contribution in [0, 0.1) is 11.8 Å². The van der Waals surface area contributed by atoms with Crippen molar-refractivity contribution in [2.75, 3.05) is 59.2 Å². The second-order valence-electron chi connectivity index (χ2n) is 13.1. The fraction of sp³-hybridized carbons (Fsp3) is 0.611. The largest absolute Gasteiger partial charge is 0.463 e. The molecule has 0 saturated carbocycles. The van der Waals surface area contributed by atoms with Crippen LogP contribution in [-0.2, 0) is 33.4 Å². The van der Waals surface area contributed by atoms with Crippen molar-refractivity contribution < 1.29 is 38.5 Å². The van der Waals surface area contributed by atoms with Gasteiger partial charge in [0.2, 0.25) is 17.7 Å². The van der Waals surface area contributed by atoms with Crippen LogP contribution in [0.15, 0.2) is 55.6 Å². The summed E-state index contributed by atoms with van der Waals surface area (Å²) in [5, 5.41) is 13.5. The minimum Gasteiger partial charge on any atom is -0.463 e. The van der Waals surface area contributed by atoms with Gasteiger partial charge < -0.3 is 34.4 Å². The molecule has 0 unspecified atom stereocenters. The van der Waals surface area contributed by atoms with Crippen LogP contribution in [0.25, 0.3) is 0 Å². The smallest absolute Gasteiger partial charge is 0.306 e. The topological polar surface area (TPSA) is 138 Å². The number of ether oxygens (including phenoxy) is 3. The van der Waals surface area contributed by atoms with Crippen molar-refractivity contribution in [3.8, 4) is 0 Å². The summed E-state index contributed by atoms with van der Waals surface area (Å²) in [6.45, 7) is 13.2. The molecule has 1 aromatic carbocycles. The predicted octanol–water partition coefficient (Wildman–Crippen LogP) is 1.85. The molecule has 1 aromatic rings. The lowest BCUT2D eigenvalue weighted by molar-refractivity contribution is -0.151. The van der Waals surface area contributed by atoms with E-state index in [0.29, 0.717) is 52.0 Å². The molecule has 4 aliphatic rings. The van der Waals surface area contributed by atoms with Gasteiger partial charge in [-0.1, -0.05) is 49.4 Å². The maximum Gasteiger partial charge on any atom is 0.306 e. The maximum absolute atomic E-state index is 14.6. The van der Waals surface area contributed by atoms with Gasteiger partial charge in [-0.2, -0.15) is 0 Å². The fourth-order valence-corrected chi connectivity index (χ4v) is 7.83. The molecular formula is C36H50N4O8. The molecular weight excluding hydrogens is 616 g/mol. The first kappa shape index (κ1) is 35.7.